The van der Waals surface area contributed by atoms with Crippen LogP contribution >= 0.6 is 11.3 Å². The lowest BCUT2D eigenvalue weighted by Crippen LogP contribution is -2.30. The standard InChI is InChI=1S/C14H20N4OS/c1-15-14-17-12(10-6-7-20-13(10)18-14)16-8-9-4-2-3-5-11(9)19/h6-7,9,11,19H,2-5,8H2,1H3,(H2,15,16,17,18). The molecule has 108 valence electrons. The van der Waals surface area contributed by atoms with E-state index in [0.717, 1.165) is 41.8 Å². The van der Waals surface area contributed by atoms with E-state index in [-0.39, 0.29) is 6.10 Å². The van der Waals surface area contributed by atoms with Gasteiger partial charge in [-0.05, 0) is 24.3 Å². The van der Waals surface area contributed by atoms with Gasteiger partial charge < -0.3 is 15.7 Å². The van der Waals surface area contributed by atoms with E-state index in [9.17, 15) is 5.11 Å². The molecule has 0 radical (unpaired) electrons. The van der Waals surface area contributed by atoms with E-state index in [0.29, 0.717) is 11.9 Å². The van der Waals surface area contributed by atoms with Gasteiger partial charge in [0.2, 0.25) is 5.95 Å². The quantitative estimate of drug-likeness (QED) is 0.808. The van der Waals surface area contributed by atoms with E-state index in [4.69, 9.17) is 0 Å². The number of nitrogens with zero attached hydrogens (tertiary/aromatic N) is 2. The van der Waals surface area contributed by atoms with Crippen LogP contribution in [0.4, 0.5) is 11.8 Å². The molecule has 3 N–H and O–H groups in total. The number of rotatable bonds is 4. The average molecular weight is 292 g/mol. The van der Waals surface area contributed by atoms with Crippen LogP contribution in [0.2, 0.25) is 0 Å². The number of fused-ring (bicyclic) bond motifs is 1. The molecular weight excluding hydrogens is 272 g/mol. The van der Waals surface area contributed by atoms with Gasteiger partial charge in [-0.25, -0.2) is 4.98 Å². The first-order valence-corrected chi connectivity index (χ1v) is 8.01. The van der Waals surface area contributed by atoms with Gasteiger partial charge in [0.15, 0.2) is 0 Å². The molecule has 2 heterocycles. The van der Waals surface area contributed by atoms with Crippen molar-refractivity contribution in [1.82, 2.24) is 9.97 Å². The fourth-order valence-corrected chi connectivity index (χ4v) is 3.52. The number of nitrogens with one attached hydrogen (secondary N) is 2. The zero-order chi connectivity index (χ0) is 13.9. The van der Waals surface area contributed by atoms with Crippen LogP contribution in [0.15, 0.2) is 11.4 Å². The largest absolute Gasteiger partial charge is 0.393 e. The maximum atomic E-state index is 10.0. The minimum absolute atomic E-state index is 0.181. The van der Waals surface area contributed by atoms with Crippen molar-refractivity contribution < 1.29 is 5.11 Å². The van der Waals surface area contributed by atoms with E-state index in [2.05, 4.69) is 20.6 Å². The summed E-state index contributed by atoms with van der Waals surface area (Å²) < 4.78 is 0. The molecule has 1 fully saturated rings. The average Bonchev–Trinajstić information content (AvgIpc) is 2.94. The van der Waals surface area contributed by atoms with Crippen molar-refractivity contribution in [2.45, 2.75) is 31.8 Å². The van der Waals surface area contributed by atoms with Gasteiger partial charge in [0.25, 0.3) is 0 Å². The van der Waals surface area contributed by atoms with Gasteiger partial charge in [0.1, 0.15) is 10.6 Å². The van der Waals surface area contributed by atoms with Crippen molar-refractivity contribution in [2.75, 3.05) is 24.2 Å². The third-order valence-electron chi connectivity index (χ3n) is 3.95. The molecule has 0 spiro atoms. The SMILES string of the molecule is CNc1nc(NCC2CCCCC2O)c2ccsc2n1. The minimum Gasteiger partial charge on any atom is -0.393 e. The van der Waals surface area contributed by atoms with Crippen LogP contribution in [-0.4, -0.2) is 34.8 Å². The predicted octanol–water partition coefficient (Wildman–Crippen LogP) is 2.70. The smallest absolute Gasteiger partial charge is 0.225 e. The van der Waals surface area contributed by atoms with Gasteiger partial charge in [-0.15, -0.1) is 11.3 Å². The Bertz CT molecular complexity index is 586. The zero-order valence-corrected chi connectivity index (χ0v) is 12.4. The number of aromatic nitrogens is 2. The molecule has 3 rings (SSSR count). The number of aliphatic hydroxyl groups excluding tert-OH is 1. The molecule has 2 aromatic heterocycles. The molecular formula is C14H20N4OS. The highest BCUT2D eigenvalue weighted by atomic mass is 32.1. The first-order valence-electron chi connectivity index (χ1n) is 7.13. The molecule has 0 bridgehead atoms. The molecule has 1 saturated carbocycles. The van der Waals surface area contributed by atoms with Gasteiger partial charge in [-0.3, -0.25) is 0 Å². The van der Waals surface area contributed by atoms with Crippen molar-refractivity contribution in [2.24, 2.45) is 5.92 Å². The third kappa shape index (κ3) is 2.71. The molecule has 1 aliphatic carbocycles. The van der Waals surface area contributed by atoms with Gasteiger partial charge in [0, 0.05) is 19.5 Å². The second kappa shape index (κ2) is 5.93. The molecule has 0 aliphatic heterocycles. The van der Waals surface area contributed by atoms with Crippen LogP contribution in [0.3, 0.4) is 0 Å². The first kappa shape index (κ1) is 13.6. The number of aliphatic hydroxyl groups is 1. The molecule has 6 heteroatoms. The van der Waals surface area contributed by atoms with Gasteiger partial charge >= 0.3 is 0 Å². The molecule has 5 nitrogen and oxygen atoms in total. The number of thiophene rings is 1. The van der Waals surface area contributed by atoms with Crippen LogP contribution < -0.4 is 10.6 Å². The maximum Gasteiger partial charge on any atom is 0.225 e. The van der Waals surface area contributed by atoms with Crippen LogP contribution in [0.25, 0.3) is 10.2 Å². The molecule has 2 unspecified atom stereocenters. The molecule has 2 aromatic rings. The topological polar surface area (TPSA) is 70.1 Å². The van der Waals surface area contributed by atoms with Crippen molar-refractivity contribution in [1.29, 1.82) is 0 Å². The molecule has 0 amide bonds. The van der Waals surface area contributed by atoms with Gasteiger partial charge in [-0.2, -0.15) is 4.98 Å². The summed E-state index contributed by atoms with van der Waals surface area (Å²) in [5, 5.41) is 19.5. The Balaban J connectivity index is 1.77. The van der Waals surface area contributed by atoms with Crippen molar-refractivity contribution >= 4 is 33.3 Å². The second-order valence-electron chi connectivity index (χ2n) is 5.28. The number of hydrogen-bond donors (Lipinski definition) is 3. The summed E-state index contributed by atoms with van der Waals surface area (Å²) in [6, 6.07) is 2.04. The van der Waals surface area contributed by atoms with E-state index in [1.165, 1.54) is 6.42 Å². The monoisotopic (exact) mass is 292 g/mol. The highest BCUT2D eigenvalue weighted by Gasteiger charge is 2.23. The Morgan fingerprint density at radius 1 is 1.35 bits per heavy atom. The highest BCUT2D eigenvalue weighted by molar-refractivity contribution is 7.16. The van der Waals surface area contributed by atoms with E-state index < -0.39 is 0 Å². The lowest BCUT2D eigenvalue weighted by atomic mass is 9.86. The van der Waals surface area contributed by atoms with Gasteiger partial charge in [-0.1, -0.05) is 12.8 Å². The maximum absolute atomic E-state index is 10.0. The summed E-state index contributed by atoms with van der Waals surface area (Å²) in [4.78, 5) is 9.91. The summed E-state index contributed by atoms with van der Waals surface area (Å²) >= 11 is 1.61. The van der Waals surface area contributed by atoms with E-state index in [1.54, 1.807) is 11.3 Å². The zero-order valence-electron chi connectivity index (χ0n) is 11.6. The van der Waals surface area contributed by atoms with Crippen molar-refractivity contribution in [3.63, 3.8) is 0 Å². The van der Waals surface area contributed by atoms with E-state index >= 15 is 0 Å². The minimum atomic E-state index is -0.181. The molecule has 1 aliphatic rings. The number of hydrogen-bond acceptors (Lipinski definition) is 6. The molecule has 0 aromatic carbocycles. The molecule has 20 heavy (non-hydrogen) atoms. The Kier molecular flexibility index (Phi) is 4.03. The third-order valence-corrected chi connectivity index (χ3v) is 4.76. The van der Waals surface area contributed by atoms with Crippen LogP contribution in [0.1, 0.15) is 25.7 Å². The lowest BCUT2D eigenvalue weighted by Gasteiger charge is -2.27. The van der Waals surface area contributed by atoms with Crippen LogP contribution in [0.5, 0.6) is 0 Å². The summed E-state index contributed by atoms with van der Waals surface area (Å²) in [7, 11) is 1.82. The van der Waals surface area contributed by atoms with Crippen LogP contribution in [-0.2, 0) is 0 Å². The fourth-order valence-electron chi connectivity index (χ4n) is 2.76. The van der Waals surface area contributed by atoms with Crippen molar-refractivity contribution in [3.8, 4) is 0 Å². The second-order valence-corrected chi connectivity index (χ2v) is 6.17. The summed E-state index contributed by atoms with van der Waals surface area (Å²) in [5.74, 6) is 1.82. The van der Waals surface area contributed by atoms with Gasteiger partial charge in [0.05, 0.1) is 11.5 Å². The summed E-state index contributed by atoms with van der Waals surface area (Å²) in [6.07, 6.45) is 4.18. The van der Waals surface area contributed by atoms with Crippen LogP contribution in [0, 0.1) is 5.92 Å². The fraction of sp³-hybridized carbons (Fsp3) is 0.571. The molecule has 2 atom stereocenters. The Hall–Kier alpha value is -1.40. The Morgan fingerprint density at radius 2 is 2.20 bits per heavy atom. The highest BCUT2D eigenvalue weighted by Crippen LogP contribution is 2.28. The summed E-state index contributed by atoms with van der Waals surface area (Å²) in [6.45, 7) is 0.770. The normalized spacial score (nSPS) is 22.9. The number of anilines is 2. The molecule has 0 saturated heterocycles. The summed E-state index contributed by atoms with van der Waals surface area (Å²) in [5.41, 5.74) is 0. The predicted molar refractivity (Wildman–Crippen MR) is 83.4 cm³/mol. The van der Waals surface area contributed by atoms with E-state index in [1.807, 2.05) is 18.5 Å². The lowest BCUT2D eigenvalue weighted by molar-refractivity contribution is 0.0763. The first-order chi connectivity index (χ1) is 9.78. The van der Waals surface area contributed by atoms with Crippen molar-refractivity contribution in [3.05, 3.63) is 11.4 Å². The Labute approximate surface area is 122 Å². The Morgan fingerprint density at radius 3 is 3.00 bits per heavy atom.